The molecule has 0 amide bonds. The van der Waals surface area contributed by atoms with E-state index in [2.05, 4.69) is 17.1 Å². The van der Waals surface area contributed by atoms with E-state index in [9.17, 15) is 9.18 Å². The van der Waals surface area contributed by atoms with Gasteiger partial charge in [-0.15, -0.1) is 0 Å². The van der Waals surface area contributed by atoms with Gasteiger partial charge >= 0.3 is 0 Å². The van der Waals surface area contributed by atoms with Crippen LogP contribution < -0.4 is 0 Å². The zero-order chi connectivity index (χ0) is 14.5. The molecule has 104 valence electrons. The predicted octanol–water partition coefficient (Wildman–Crippen LogP) is 2.87. The minimum Gasteiger partial charge on any atom is -0.297 e. The Hall–Kier alpha value is -2.15. The molecule has 0 N–H and O–H groups in total. The highest BCUT2D eigenvalue weighted by Gasteiger charge is 2.19. The quantitative estimate of drug-likeness (QED) is 0.775. The Bertz CT molecular complexity index is 611. The predicted molar refractivity (Wildman–Crippen MR) is 76.7 cm³/mol. The van der Waals surface area contributed by atoms with Crippen LogP contribution >= 0.6 is 0 Å². The third-order valence-electron chi connectivity index (χ3n) is 3.02. The summed E-state index contributed by atoms with van der Waals surface area (Å²) in [5, 5.41) is 5.79. The lowest BCUT2D eigenvalue weighted by Crippen LogP contribution is -2.30. The highest BCUT2D eigenvalue weighted by molar-refractivity contribution is 6.12. The van der Waals surface area contributed by atoms with E-state index >= 15 is 0 Å². The molecule has 1 aliphatic heterocycles. The Morgan fingerprint density at radius 3 is 2.95 bits per heavy atom. The van der Waals surface area contributed by atoms with E-state index in [4.69, 9.17) is 0 Å². The molecule has 3 nitrogen and oxygen atoms in total. The Balaban J connectivity index is 2.27. The van der Waals surface area contributed by atoms with Gasteiger partial charge in [-0.3, -0.25) is 4.79 Å². The summed E-state index contributed by atoms with van der Waals surface area (Å²) < 4.78 is 13.6. The third kappa shape index (κ3) is 3.45. The number of nitrogens with zero attached hydrogens (tertiary/aromatic N) is 2. The van der Waals surface area contributed by atoms with Crippen LogP contribution in [-0.4, -0.2) is 23.0 Å². The van der Waals surface area contributed by atoms with Crippen LogP contribution in [0.2, 0.25) is 0 Å². The molecule has 0 aromatic heterocycles. The fourth-order valence-electron chi connectivity index (χ4n) is 1.89. The van der Waals surface area contributed by atoms with E-state index in [1.54, 1.807) is 19.1 Å². The van der Waals surface area contributed by atoms with Crippen molar-refractivity contribution in [2.75, 3.05) is 6.54 Å². The van der Waals surface area contributed by atoms with Crippen molar-refractivity contribution in [2.24, 2.45) is 5.10 Å². The Morgan fingerprint density at radius 1 is 1.45 bits per heavy atom. The number of carbonyl (C=O) groups is 1. The van der Waals surface area contributed by atoms with E-state index in [0.29, 0.717) is 16.8 Å². The standard InChI is InChI=1S/C16H17FN2O/c1-3-4-5-8-19-11-14(20)10-16(18-19)13-7-6-12(2)15(17)9-13/h6-7,9H,3-4,10-11H2,1-2H3. The molecule has 1 aromatic carbocycles. The van der Waals surface area contributed by atoms with Gasteiger partial charge < -0.3 is 0 Å². The van der Waals surface area contributed by atoms with Gasteiger partial charge in [-0.2, -0.15) is 5.10 Å². The normalized spacial score (nSPS) is 14.7. The molecule has 0 spiro atoms. The molecule has 1 aromatic rings. The average Bonchev–Trinajstić information content (AvgIpc) is 2.41. The fraction of sp³-hybridized carbons (Fsp3) is 0.375. The fourth-order valence-corrected chi connectivity index (χ4v) is 1.89. The van der Waals surface area contributed by atoms with Gasteiger partial charge in [0.25, 0.3) is 0 Å². The van der Waals surface area contributed by atoms with Crippen molar-refractivity contribution in [3.8, 4) is 12.0 Å². The largest absolute Gasteiger partial charge is 0.297 e. The molecule has 20 heavy (non-hydrogen) atoms. The molecule has 1 aliphatic rings. The number of hydrazone groups is 1. The Morgan fingerprint density at radius 2 is 2.25 bits per heavy atom. The molecule has 1 heterocycles. The molecule has 0 saturated heterocycles. The van der Waals surface area contributed by atoms with E-state index in [-0.39, 0.29) is 24.6 Å². The van der Waals surface area contributed by atoms with E-state index in [0.717, 1.165) is 12.8 Å². The first kappa shape index (κ1) is 14.3. The lowest BCUT2D eigenvalue weighted by atomic mass is 10.0. The summed E-state index contributed by atoms with van der Waals surface area (Å²) in [6.07, 6.45) is 1.97. The molecule has 0 atom stereocenters. The Labute approximate surface area is 118 Å². The number of ketones is 1. The molecule has 2 rings (SSSR count). The number of benzene rings is 1. The van der Waals surface area contributed by atoms with Crippen LogP contribution in [0.15, 0.2) is 23.3 Å². The van der Waals surface area contributed by atoms with Crippen molar-refractivity contribution < 1.29 is 9.18 Å². The van der Waals surface area contributed by atoms with Gasteiger partial charge in [0, 0.05) is 18.0 Å². The van der Waals surface area contributed by atoms with Gasteiger partial charge in [0.1, 0.15) is 12.4 Å². The molecule has 0 unspecified atom stereocenters. The van der Waals surface area contributed by atoms with Crippen LogP contribution in [0.3, 0.4) is 0 Å². The zero-order valence-electron chi connectivity index (χ0n) is 11.7. The zero-order valence-corrected chi connectivity index (χ0v) is 11.7. The van der Waals surface area contributed by atoms with Gasteiger partial charge in [-0.05, 0) is 25.0 Å². The highest BCUT2D eigenvalue weighted by Crippen LogP contribution is 2.15. The third-order valence-corrected chi connectivity index (χ3v) is 3.02. The summed E-state index contributed by atoms with van der Waals surface area (Å²) in [6.45, 7) is 3.95. The van der Waals surface area contributed by atoms with Crippen molar-refractivity contribution in [1.29, 1.82) is 0 Å². The molecule has 0 bridgehead atoms. The van der Waals surface area contributed by atoms with E-state index in [1.807, 2.05) is 6.92 Å². The lowest BCUT2D eigenvalue weighted by Gasteiger charge is -2.19. The number of hydrogen-bond donors (Lipinski definition) is 0. The van der Waals surface area contributed by atoms with Crippen LogP contribution in [-0.2, 0) is 4.79 Å². The summed E-state index contributed by atoms with van der Waals surface area (Å²) in [5.74, 6) is 2.72. The summed E-state index contributed by atoms with van der Waals surface area (Å²) in [7, 11) is 0. The molecule has 4 heteroatoms. The lowest BCUT2D eigenvalue weighted by molar-refractivity contribution is -0.118. The van der Waals surface area contributed by atoms with Crippen LogP contribution in [0.1, 0.15) is 37.3 Å². The SMILES string of the molecule is CCCC#CN1CC(=O)CC(c2ccc(C)c(F)c2)=N1. The summed E-state index contributed by atoms with van der Waals surface area (Å²) >= 11 is 0. The number of rotatable bonds is 2. The number of aryl methyl sites for hydroxylation is 1. The second-order valence-electron chi connectivity index (χ2n) is 4.82. The first-order valence-corrected chi connectivity index (χ1v) is 6.72. The van der Waals surface area contributed by atoms with Crippen molar-refractivity contribution >= 4 is 11.5 Å². The first-order valence-electron chi connectivity index (χ1n) is 6.72. The smallest absolute Gasteiger partial charge is 0.161 e. The second kappa shape index (κ2) is 6.33. The molecular formula is C16H17FN2O. The maximum atomic E-state index is 13.6. The van der Waals surface area contributed by atoms with Crippen molar-refractivity contribution in [3.63, 3.8) is 0 Å². The van der Waals surface area contributed by atoms with Crippen molar-refractivity contribution in [3.05, 3.63) is 35.1 Å². The average molecular weight is 272 g/mol. The van der Waals surface area contributed by atoms with Crippen LogP contribution in [0.5, 0.6) is 0 Å². The van der Waals surface area contributed by atoms with Gasteiger partial charge in [0.15, 0.2) is 5.78 Å². The number of carbonyl (C=O) groups excluding carboxylic acids is 1. The van der Waals surface area contributed by atoms with Crippen LogP contribution in [0.25, 0.3) is 0 Å². The first-order chi connectivity index (χ1) is 9.60. The number of Topliss-reactive ketones (excluding diaryl/α,β-unsaturated/α-hetero) is 1. The summed E-state index contributed by atoms with van der Waals surface area (Å²) in [6, 6.07) is 7.76. The second-order valence-corrected chi connectivity index (χ2v) is 4.82. The summed E-state index contributed by atoms with van der Waals surface area (Å²) in [5.41, 5.74) is 1.80. The van der Waals surface area contributed by atoms with Gasteiger partial charge in [0.05, 0.1) is 12.1 Å². The minimum atomic E-state index is -0.285. The maximum absolute atomic E-state index is 13.6. The van der Waals surface area contributed by atoms with E-state index in [1.165, 1.54) is 11.1 Å². The van der Waals surface area contributed by atoms with E-state index < -0.39 is 0 Å². The minimum absolute atomic E-state index is 0.0433. The van der Waals surface area contributed by atoms with Gasteiger partial charge in [-0.25, -0.2) is 9.40 Å². The Kier molecular flexibility index (Phi) is 4.52. The molecule has 0 saturated carbocycles. The molecular weight excluding hydrogens is 255 g/mol. The number of unbranched alkanes of at least 4 members (excludes halogenated alkanes) is 1. The van der Waals surface area contributed by atoms with Crippen molar-refractivity contribution in [1.82, 2.24) is 5.01 Å². The molecule has 0 radical (unpaired) electrons. The number of hydrogen-bond acceptors (Lipinski definition) is 3. The molecule has 0 fully saturated rings. The highest BCUT2D eigenvalue weighted by atomic mass is 19.1. The summed E-state index contributed by atoms with van der Waals surface area (Å²) in [4.78, 5) is 11.8. The van der Waals surface area contributed by atoms with Crippen LogP contribution in [0.4, 0.5) is 4.39 Å². The van der Waals surface area contributed by atoms with Crippen molar-refractivity contribution in [2.45, 2.75) is 33.1 Å². The number of halogens is 1. The monoisotopic (exact) mass is 272 g/mol. The van der Waals surface area contributed by atoms with Gasteiger partial charge in [0.2, 0.25) is 0 Å². The van der Waals surface area contributed by atoms with Gasteiger partial charge in [-0.1, -0.05) is 25.0 Å². The molecule has 0 aliphatic carbocycles. The topological polar surface area (TPSA) is 32.7 Å². The van der Waals surface area contributed by atoms with Crippen LogP contribution in [0, 0.1) is 24.7 Å². The maximum Gasteiger partial charge on any atom is 0.161 e.